The second-order valence-electron chi connectivity index (χ2n) is 8.88. The minimum Gasteiger partial charge on any atom is -0.331 e. The zero-order valence-electron chi connectivity index (χ0n) is 19.1. The molecule has 3 atom stereocenters. The Morgan fingerprint density at radius 1 is 1.12 bits per heavy atom. The van der Waals surface area contributed by atoms with E-state index in [1.165, 1.54) is 4.90 Å². The molecule has 0 saturated carbocycles. The van der Waals surface area contributed by atoms with Gasteiger partial charge in [0.15, 0.2) is 5.11 Å². The molecule has 172 valence electrons. The number of imide groups is 1. The molecule has 1 aliphatic carbocycles. The molecule has 1 aromatic rings. The number of carbonyl (C=O) groups is 3. The van der Waals surface area contributed by atoms with Crippen molar-refractivity contribution in [2.24, 2.45) is 17.8 Å². The number of carbonyl (C=O) groups excluding carboxylic acids is 3. The lowest BCUT2D eigenvalue weighted by atomic mass is 9.85. The van der Waals surface area contributed by atoms with Crippen molar-refractivity contribution in [3.8, 4) is 0 Å². The lowest BCUT2D eigenvalue weighted by molar-refractivity contribution is -0.148. The molecule has 2 aliphatic rings. The molecule has 3 N–H and O–H groups in total. The van der Waals surface area contributed by atoms with Crippen molar-refractivity contribution in [3.63, 3.8) is 0 Å². The number of anilines is 1. The molecule has 1 saturated heterocycles. The largest absolute Gasteiger partial charge is 0.331 e. The van der Waals surface area contributed by atoms with Gasteiger partial charge in [-0.1, -0.05) is 51.1 Å². The zero-order valence-corrected chi connectivity index (χ0v) is 19.9. The van der Waals surface area contributed by atoms with Crippen molar-refractivity contribution in [2.45, 2.75) is 59.4 Å². The number of thiocarbonyl (C=S) groups is 1. The number of nitrogens with one attached hydrogen (secondary N) is 3. The minimum absolute atomic E-state index is 0.122. The fourth-order valence-corrected chi connectivity index (χ4v) is 4.61. The molecule has 1 aromatic carbocycles. The Labute approximate surface area is 195 Å². The Bertz CT molecular complexity index is 917. The fourth-order valence-electron chi connectivity index (χ4n) is 4.46. The highest BCUT2D eigenvalue weighted by molar-refractivity contribution is 7.80. The maximum Gasteiger partial charge on any atom is 0.261 e. The first-order chi connectivity index (χ1) is 15.2. The quantitative estimate of drug-likeness (QED) is 0.264. The van der Waals surface area contributed by atoms with E-state index in [1.807, 2.05) is 51.1 Å². The smallest absolute Gasteiger partial charge is 0.261 e. The van der Waals surface area contributed by atoms with Gasteiger partial charge in [-0.3, -0.25) is 30.1 Å². The summed E-state index contributed by atoms with van der Waals surface area (Å²) in [6.07, 6.45) is 6.19. The summed E-state index contributed by atoms with van der Waals surface area (Å²) in [7, 11) is 0. The van der Waals surface area contributed by atoms with Gasteiger partial charge in [-0.15, -0.1) is 0 Å². The van der Waals surface area contributed by atoms with Gasteiger partial charge < -0.3 is 5.32 Å². The Balaban J connectivity index is 1.69. The van der Waals surface area contributed by atoms with Gasteiger partial charge in [-0.25, -0.2) is 0 Å². The average molecular weight is 457 g/mol. The van der Waals surface area contributed by atoms with E-state index in [1.54, 1.807) is 0 Å². The van der Waals surface area contributed by atoms with E-state index in [2.05, 4.69) is 23.1 Å². The van der Waals surface area contributed by atoms with Crippen molar-refractivity contribution in [2.75, 3.05) is 5.32 Å². The second-order valence-corrected chi connectivity index (χ2v) is 9.29. The summed E-state index contributed by atoms with van der Waals surface area (Å²) in [6.45, 7) is 7.97. The first-order valence-electron chi connectivity index (χ1n) is 11.2. The highest BCUT2D eigenvalue weighted by Crippen LogP contribution is 2.37. The maximum absolute atomic E-state index is 13.1. The highest BCUT2D eigenvalue weighted by Gasteiger charge is 2.51. The van der Waals surface area contributed by atoms with Gasteiger partial charge in [0.1, 0.15) is 6.04 Å². The third kappa shape index (κ3) is 5.01. The number of para-hydroxylation sites is 1. The van der Waals surface area contributed by atoms with Gasteiger partial charge >= 0.3 is 0 Å². The van der Waals surface area contributed by atoms with Crippen LogP contribution < -0.4 is 16.2 Å². The molecule has 0 spiro atoms. The minimum atomic E-state index is -0.874. The summed E-state index contributed by atoms with van der Waals surface area (Å²) in [5.74, 6) is -1.55. The lowest BCUT2D eigenvalue weighted by Gasteiger charge is -2.27. The molecule has 3 amide bonds. The van der Waals surface area contributed by atoms with Crippen molar-refractivity contribution >= 4 is 40.7 Å². The topological polar surface area (TPSA) is 90.5 Å². The fraction of sp³-hybridized carbons (Fsp3) is 0.500. The van der Waals surface area contributed by atoms with Crippen molar-refractivity contribution in [3.05, 3.63) is 41.5 Å². The molecule has 0 aromatic heterocycles. The normalized spacial score (nSPS) is 20.8. The van der Waals surface area contributed by atoms with Crippen LogP contribution in [0.3, 0.4) is 0 Å². The molecule has 3 unspecified atom stereocenters. The number of hydrogen-bond acceptors (Lipinski definition) is 4. The molecule has 1 aliphatic heterocycles. The monoisotopic (exact) mass is 456 g/mol. The van der Waals surface area contributed by atoms with Gasteiger partial charge in [0, 0.05) is 5.69 Å². The number of aryl methyl sites for hydroxylation is 2. The van der Waals surface area contributed by atoms with E-state index in [4.69, 9.17) is 12.2 Å². The molecule has 0 radical (unpaired) electrons. The first kappa shape index (κ1) is 23.9. The van der Waals surface area contributed by atoms with Crippen LogP contribution in [0.2, 0.25) is 0 Å². The van der Waals surface area contributed by atoms with Crippen LogP contribution in [0.25, 0.3) is 0 Å². The van der Waals surface area contributed by atoms with E-state index in [0.29, 0.717) is 19.3 Å². The van der Waals surface area contributed by atoms with E-state index >= 15 is 0 Å². The molecule has 7 nitrogen and oxygen atoms in total. The average Bonchev–Trinajstić information content (AvgIpc) is 3.02. The Morgan fingerprint density at radius 3 is 2.31 bits per heavy atom. The number of hydrazine groups is 1. The van der Waals surface area contributed by atoms with Crippen LogP contribution in [0.15, 0.2) is 30.4 Å². The molecule has 0 bridgehead atoms. The number of rotatable bonds is 6. The second kappa shape index (κ2) is 10.3. The number of likely N-dealkylation sites (tertiary alicyclic amines) is 1. The standard InChI is InChI=1S/C24H32N4O3S/c1-5-16-10-8-9-15(4)20(16)25-24(32)27-26-21(29)19(13-14(2)3)28-22(30)17-11-6-7-12-18(17)23(28)31/h6-10,14,17-19H,5,11-13H2,1-4H3,(H,26,29)(H2,25,27,32). The third-order valence-corrected chi connectivity index (χ3v) is 6.33. The van der Waals surface area contributed by atoms with Gasteiger partial charge in [-0.2, -0.15) is 0 Å². The van der Waals surface area contributed by atoms with E-state index in [0.717, 1.165) is 23.2 Å². The highest BCUT2D eigenvalue weighted by atomic mass is 32.1. The summed E-state index contributed by atoms with van der Waals surface area (Å²) >= 11 is 5.37. The van der Waals surface area contributed by atoms with Crippen LogP contribution >= 0.6 is 12.2 Å². The Kier molecular flexibility index (Phi) is 7.66. The molecular formula is C24H32N4O3S. The van der Waals surface area contributed by atoms with Crippen molar-refractivity contribution in [1.82, 2.24) is 15.8 Å². The molecular weight excluding hydrogens is 424 g/mol. The maximum atomic E-state index is 13.1. The van der Waals surface area contributed by atoms with Crippen LogP contribution in [0.1, 0.15) is 51.2 Å². The predicted octanol–water partition coefficient (Wildman–Crippen LogP) is 3.24. The summed E-state index contributed by atoms with van der Waals surface area (Å²) in [5.41, 5.74) is 8.41. The number of nitrogens with zero attached hydrogens (tertiary/aromatic N) is 1. The van der Waals surface area contributed by atoms with Crippen LogP contribution in [-0.4, -0.2) is 33.8 Å². The molecule has 1 fully saturated rings. The lowest BCUT2D eigenvalue weighted by Crippen LogP contribution is -2.55. The Morgan fingerprint density at radius 2 is 1.75 bits per heavy atom. The van der Waals surface area contributed by atoms with Crippen LogP contribution in [0.4, 0.5) is 5.69 Å². The number of amides is 3. The van der Waals surface area contributed by atoms with Gasteiger partial charge in [0.2, 0.25) is 11.8 Å². The number of benzene rings is 1. The molecule has 32 heavy (non-hydrogen) atoms. The van der Waals surface area contributed by atoms with Crippen LogP contribution in [0, 0.1) is 24.7 Å². The summed E-state index contributed by atoms with van der Waals surface area (Å²) in [4.78, 5) is 40.3. The molecule has 3 rings (SSSR count). The predicted molar refractivity (Wildman–Crippen MR) is 129 cm³/mol. The summed E-state index contributed by atoms with van der Waals surface area (Å²) < 4.78 is 0. The van der Waals surface area contributed by atoms with E-state index in [-0.39, 0.29) is 34.7 Å². The number of fused-ring (bicyclic) bond motifs is 1. The summed E-state index contributed by atoms with van der Waals surface area (Å²) in [5, 5.41) is 3.38. The molecule has 8 heteroatoms. The molecule has 1 heterocycles. The van der Waals surface area contributed by atoms with Gasteiger partial charge in [-0.05, 0) is 61.9 Å². The summed E-state index contributed by atoms with van der Waals surface area (Å²) in [6, 6.07) is 5.13. The third-order valence-electron chi connectivity index (χ3n) is 6.13. The van der Waals surface area contributed by atoms with Crippen molar-refractivity contribution < 1.29 is 14.4 Å². The van der Waals surface area contributed by atoms with Gasteiger partial charge in [0.25, 0.3) is 5.91 Å². The number of allylic oxidation sites excluding steroid dienone is 2. The van der Waals surface area contributed by atoms with E-state index < -0.39 is 11.9 Å². The van der Waals surface area contributed by atoms with Crippen LogP contribution in [-0.2, 0) is 20.8 Å². The first-order valence-corrected chi connectivity index (χ1v) is 11.6. The van der Waals surface area contributed by atoms with E-state index in [9.17, 15) is 14.4 Å². The SMILES string of the molecule is CCc1cccc(C)c1NC(=S)NNC(=O)C(CC(C)C)N1C(=O)C2CC=CCC2C1=O. The van der Waals surface area contributed by atoms with Crippen molar-refractivity contribution in [1.29, 1.82) is 0 Å². The Hall–Kier alpha value is -2.74. The van der Waals surface area contributed by atoms with Gasteiger partial charge in [0.05, 0.1) is 11.8 Å². The number of hydrogen-bond donors (Lipinski definition) is 3. The zero-order chi connectivity index (χ0) is 23.4. The van der Waals surface area contributed by atoms with Crippen LogP contribution in [0.5, 0.6) is 0 Å².